The predicted octanol–water partition coefficient (Wildman–Crippen LogP) is 2.91. The zero-order chi connectivity index (χ0) is 18.4. The fourth-order valence-corrected chi connectivity index (χ4v) is 3.35. The molecule has 1 saturated heterocycles. The SMILES string of the molecule is CCNC(=NCc1ccc2ccccc2c1)NC1CCN(C(=O)CC)C1. The molecule has 1 unspecified atom stereocenters. The Morgan fingerprint density at radius 3 is 2.77 bits per heavy atom. The molecular formula is C21H28N4O. The molecule has 0 spiro atoms. The summed E-state index contributed by atoms with van der Waals surface area (Å²) in [5, 5.41) is 9.27. The summed E-state index contributed by atoms with van der Waals surface area (Å²) in [6, 6.07) is 15.1. The van der Waals surface area contributed by atoms with E-state index in [-0.39, 0.29) is 11.9 Å². The summed E-state index contributed by atoms with van der Waals surface area (Å²) in [5.41, 5.74) is 1.19. The van der Waals surface area contributed by atoms with E-state index in [2.05, 4.69) is 60.0 Å². The molecule has 5 heteroatoms. The molecule has 1 atom stereocenters. The van der Waals surface area contributed by atoms with E-state index in [4.69, 9.17) is 4.99 Å². The number of aliphatic imine (C=N–C) groups is 1. The summed E-state index contributed by atoms with van der Waals surface area (Å²) in [6.45, 7) is 7.01. The van der Waals surface area contributed by atoms with Gasteiger partial charge in [-0.2, -0.15) is 0 Å². The Labute approximate surface area is 155 Å². The highest BCUT2D eigenvalue weighted by atomic mass is 16.2. The van der Waals surface area contributed by atoms with Gasteiger partial charge in [-0.15, -0.1) is 0 Å². The Kier molecular flexibility index (Phi) is 6.10. The maximum Gasteiger partial charge on any atom is 0.222 e. The first-order valence-corrected chi connectivity index (χ1v) is 9.50. The van der Waals surface area contributed by atoms with Gasteiger partial charge >= 0.3 is 0 Å². The number of benzene rings is 2. The first-order valence-electron chi connectivity index (χ1n) is 9.50. The number of hydrogen-bond acceptors (Lipinski definition) is 2. The average Bonchev–Trinajstić information content (AvgIpc) is 3.14. The Bertz CT molecular complexity index is 786. The number of carbonyl (C=O) groups is 1. The van der Waals surface area contributed by atoms with Crippen molar-refractivity contribution in [2.75, 3.05) is 19.6 Å². The van der Waals surface area contributed by atoms with Gasteiger partial charge in [0.2, 0.25) is 5.91 Å². The third kappa shape index (κ3) is 4.54. The summed E-state index contributed by atoms with van der Waals surface area (Å²) in [4.78, 5) is 18.5. The standard InChI is InChI=1S/C21H28N4O/c1-3-20(26)25-12-11-19(15-25)24-21(22-4-2)23-14-16-9-10-17-7-5-6-8-18(17)13-16/h5-10,13,19H,3-4,11-12,14-15H2,1-2H3,(H2,22,23,24). The highest BCUT2D eigenvalue weighted by molar-refractivity contribution is 5.83. The zero-order valence-corrected chi connectivity index (χ0v) is 15.7. The van der Waals surface area contributed by atoms with Gasteiger partial charge < -0.3 is 15.5 Å². The van der Waals surface area contributed by atoms with Crippen LogP contribution >= 0.6 is 0 Å². The monoisotopic (exact) mass is 352 g/mol. The fraction of sp³-hybridized carbons (Fsp3) is 0.429. The summed E-state index contributed by atoms with van der Waals surface area (Å²) >= 11 is 0. The topological polar surface area (TPSA) is 56.7 Å². The van der Waals surface area contributed by atoms with Crippen LogP contribution in [-0.4, -0.2) is 42.4 Å². The van der Waals surface area contributed by atoms with Crippen LogP contribution in [0.15, 0.2) is 47.5 Å². The lowest BCUT2D eigenvalue weighted by Crippen LogP contribution is -2.45. The molecule has 0 aromatic heterocycles. The first kappa shape index (κ1) is 18.2. The third-order valence-corrected chi connectivity index (χ3v) is 4.76. The lowest BCUT2D eigenvalue weighted by Gasteiger charge is -2.18. The minimum atomic E-state index is 0.229. The van der Waals surface area contributed by atoms with Gasteiger partial charge in [-0.25, -0.2) is 4.99 Å². The zero-order valence-electron chi connectivity index (χ0n) is 15.7. The van der Waals surface area contributed by atoms with Crippen LogP contribution in [-0.2, 0) is 11.3 Å². The minimum absolute atomic E-state index is 0.229. The molecule has 2 aromatic rings. The van der Waals surface area contributed by atoms with Gasteiger partial charge in [0, 0.05) is 32.1 Å². The van der Waals surface area contributed by atoms with Gasteiger partial charge in [0.15, 0.2) is 5.96 Å². The molecule has 2 N–H and O–H groups in total. The third-order valence-electron chi connectivity index (χ3n) is 4.76. The highest BCUT2D eigenvalue weighted by Gasteiger charge is 2.25. The Hall–Kier alpha value is -2.56. The van der Waals surface area contributed by atoms with Crippen molar-refractivity contribution in [3.05, 3.63) is 48.0 Å². The molecule has 0 bridgehead atoms. The molecule has 138 valence electrons. The fourth-order valence-electron chi connectivity index (χ4n) is 3.35. The van der Waals surface area contributed by atoms with E-state index in [0.717, 1.165) is 32.0 Å². The van der Waals surface area contributed by atoms with E-state index in [1.165, 1.54) is 16.3 Å². The molecule has 0 aliphatic carbocycles. The van der Waals surface area contributed by atoms with E-state index in [1.807, 2.05) is 11.8 Å². The van der Waals surface area contributed by atoms with Crippen LogP contribution in [0.1, 0.15) is 32.3 Å². The Morgan fingerprint density at radius 2 is 2.00 bits per heavy atom. The molecule has 1 aliphatic rings. The number of hydrogen-bond donors (Lipinski definition) is 2. The van der Waals surface area contributed by atoms with E-state index in [1.54, 1.807) is 0 Å². The van der Waals surface area contributed by atoms with E-state index < -0.39 is 0 Å². The number of rotatable bonds is 5. The molecular weight excluding hydrogens is 324 g/mol. The second kappa shape index (κ2) is 8.70. The van der Waals surface area contributed by atoms with Crippen molar-refractivity contribution < 1.29 is 4.79 Å². The van der Waals surface area contributed by atoms with Crippen LogP contribution in [0.4, 0.5) is 0 Å². The van der Waals surface area contributed by atoms with Crippen molar-refractivity contribution in [2.45, 2.75) is 39.3 Å². The molecule has 26 heavy (non-hydrogen) atoms. The molecule has 5 nitrogen and oxygen atoms in total. The normalized spacial score (nSPS) is 17.5. The van der Waals surface area contributed by atoms with Crippen LogP contribution < -0.4 is 10.6 Å². The van der Waals surface area contributed by atoms with Gasteiger partial charge in [0.1, 0.15) is 0 Å². The van der Waals surface area contributed by atoms with Crippen molar-refractivity contribution in [1.29, 1.82) is 0 Å². The number of carbonyl (C=O) groups excluding carboxylic acids is 1. The van der Waals surface area contributed by atoms with Crippen molar-refractivity contribution >= 4 is 22.6 Å². The van der Waals surface area contributed by atoms with Gasteiger partial charge in [-0.05, 0) is 35.7 Å². The van der Waals surface area contributed by atoms with E-state index >= 15 is 0 Å². The second-order valence-corrected chi connectivity index (χ2v) is 6.70. The number of amides is 1. The van der Waals surface area contributed by atoms with Crippen LogP contribution in [0, 0.1) is 0 Å². The van der Waals surface area contributed by atoms with Crippen LogP contribution in [0.5, 0.6) is 0 Å². The molecule has 1 aliphatic heterocycles. The molecule has 3 rings (SSSR count). The van der Waals surface area contributed by atoms with E-state index in [9.17, 15) is 4.79 Å². The average molecular weight is 352 g/mol. The van der Waals surface area contributed by atoms with Crippen molar-refractivity contribution in [2.24, 2.45) is 4.99 Å². The lowest BCUT2D eigenvalue weighted by atomic mass is 10.1. The molecule has 0 radical (unpaired) electrons. The molecule has 1 amide bonds. The molecule has 0 saturated carbocycles. The quantitative estimate of drug-likeness (QED) is 0.643. The maximum atomic E-state index is 11.8. The summed E-state index contributed by atoms with van der Waals surface area (Å²) in [6.07, 6.45) is 1.54. The van der Waals surface area contributed by atoms with Gasteiger partial charge in [-0.1, -0.05) is 43.3 Å². The Balaban J connectivity index is 1.64. The summed E-state index contributed by atoms with van der Waals surface area (Å²) < 4.78 is 0. The first-order chi connectivity index (χ1) is 12.7. The molecule has 2 aromatic carbocycles. The van der Waals surface area contributed by atoms with Crippen molar-refractivity contribution in [3.63, 3.8) is 0 Å². The van der Waals surface area contributed by atoms with Crippen molar-refractivity contribution in [1.82, 2.24) is 15.5 Å². The number of guanidine groups is 1. The Morgan fingerprint density at radius 1 is 1.19 bits per heavy atom. The summed E-state index contributed by atoms with van der Waals surface area (Å²) in [7, 11) is 0. The molecule has 1 heterocycles. The van der Waals surface area contributed by atoms with Crippen LogP contribution in [0.2, 0.25) is 0 Å². The van der Waals surface area contributed by atoms with Gasteiger partial charge in [0.25, 0.3) is 0 Å². The number of nitrogens with zero attached hydrogens (tertiary/aromatic N) is 2. The van der Waals surface area contributed by atoms with Gasteiger partial charge in [0.05, 0.1) is 6.54 Å². The summed E-state index contributed by atoms with van der Waals surface area (Å²) in [5.74, 6) is 1.05. The highest BCUT2D eigenvalue weighted by Crippen LogP contribution is 2.16. The second-order valence-electron chi connectivity index (χ2n) is 6.70. The predicted molar refractivity (Wildman–Crippen MR) is 107 cm³/mol. The molecule has 1 fully saturated rings. The largest absolute Gasteiger partial charge is 0.357 e. The maximum absolute atomic E-state index is 11.8. The van der Waals surface area contributed by atoms with E-state index in [0.29, 0.717) is 13.0 Å². The van der Waals surface area contributed by atoms with Crippen LogP contribution in [0.25, 0.3) is 10.8 Å². The van der Waals surface area contributed by atoms with Crippen LogP contribution in [0.3, 0.4) is 0 Å². The number of fused-ring (bicyclic) bond motifs is 1. The van der Waals surface area contributed by atoms with Crippen molar-refractivity contribution in [3.8, 4) is 0 Å². The number of nitrogens with one attached hydrogen (secondary N) is 2. The minimum Gasteiger partial charge on any atom is -0.357 e. The lowest BCUT2D eigenvalue weighted by molar-refractivity contribution is -0.129. The smallest absolute Gasteiger partial charge is 0.222 e. The van der Waals surface area contributed by atoms with Gasteiger partial charge in [-0.3, -0.25) is 4.79 Å². The number of likely N-dealkylation sites (tertiary alicyclic amines) is 1.